The van der Waals surface area contributed by atoms with Crippen molar-refractivity contribution in [1.29, 1.82) is 0 Å². The molecule has 13 heavy (non-hydrogen) atoms. The van der Waals surface area contributed by atoms with Crippen molar-refractivity contribution in [2.45, 2.75) is 26.7 Å². The fourth-order valence-corrected chi connectivity index (χ4v) is 1.40. The monoisotopic (exact) mass is 178 g/mol. The van der Waals surface area contributed by atoms with Crippen LogP contribution in [0.25, 0.3) is 0 Å². The van der Waals surface area contributed by atoms with Gasteiger partial charge in [-0.2, -0.15) is 0 Å². The number of aryl methyl sites for hydroxylation is 1. The van der Waals surface area contributed by atoms with Gasteiger partial charge in [-0.05, 0) is 24.8 Å². The van der Waals surface area contributed by atoms with Gasteiger partial charge < -0.3 is 5.11 Å². The van der Waals surface area contributed by atoms with E-state index in [2.05, 4.69) is 38.1 Å². The predicted octanol–water partition coefficient (Wildman–Crippen LogP) is 2.56. The Kier molecular flexibility index (Phi) is 3.97. The molecule has 1 N–H and O–H groups in total. The van der Waals surface area contributed by atoms with Crippen LogP contribution in [0.2, 0.25) is 0 Å². The first-order valence-electron chi connectivity index (χ1n) is 4.92. The highest BCUT2D eigenvalue weighted by atomic mass is 16.3. The Balaban J connectivity index is 2.58. The Morgan fingerprint density at radius 2 is 1.85 bits per heavy atom. The van der Waals surface area contributed by atoms with E-state index in [0.29, 0.717) is 12.5 Å². The van der Waals surface area contributed by atoms with E-state index in [4.69, 9.17) is 5.11 Å². The second-order valence-electron chi connectivity index (χ2n) is 3.65. The summed E-state index contributed by atoms with van der Waals surface area (Å²) >= 11 is 0. The lowest BCUT2D eigenvalue weighted by molar-refractivity contribution is 0.222. The van der Waals surface area contributed by atoms with Crippen molar-refractivity contribution in [1.82, 2.24) is 0 Å². The maximum Gasteiger partial charge on any atom is 0.0462 e. The first kappa shape index (κ1) is 10.3. The molecule has 0 spiro atoms. The minimum absolute atomic E-state index is 0.296. The van der Waals surface area contributed by atoms with Crippen LogP contribution in [-0.2, 0) is 6.42 Å². The van der Waals surface area contributed by atoms with Crippen molar-refractivity contribution in [2.24, 2.45) is 5.92 Å². The molecular weight excluding hydrogens is 160 g/mol. The Morgan fingerprint density at radius 1 is 1.23 bits per heavy atom. The maximum absolute atomic E-state index is 9.04. The van der Waals surface area contributed by atoms with Gasteiger partial charge >= 0.3 is 0 Å². The molecule has 1 atom stereocenters. The molecule has 1 heteroatoms. The lowest BCUT2D eigenvalue weighted by Crippen LogP contribution is -2.07. The van der Waals surface area contributed by atoms with E-state index in [1.807, 2.05) is 0 Å². The van der Waals surface area contributed by atoms with E-state index >= 15 is 0 Å². The van der Waals surface area contributed by atoms with Crippen LogP contribution in [0.3, 0.4) is 0 Å². The molecule has 72 valence electrons. The van der Waals surface area contributed by atoms with E-state index in [1.54, 1.807) is 0 Å². The molecule has 0 aliphatic rings. The van der Waals surface area contributed by atoms with Crippen LogP contribution in [0, 0.1) is 12.8 Å². The number of aliphatic hydroxyl groups is 1. The molecule has 0 radical (unpaired) electrons. The number of hydrogen-bond donors (Lipinski definition) is 1. The lowest BCUT2D eigenvalue weighted by atomic mass is 9.97. The minimum Gasteiger partial charge on any atom is -0.396 e. The number of rotatable bonds is 4. The second kappa shape index (κ2) is 5.03. The molecule has 1 unspecified atom stereocenters. The van der Waals surface area contributed by atoms with Gasteiger partial charge in [-0.25, -0.2) is 0 Å². The summed E-state index contributed by atoms with van der Waals surface area (Å²) in [6, 6.07) is 8.54. The third kappa shape index (κ3) is 3.19. The minimum atomic E-state index is 0.296. The van der Waals surface area contributed by atoms with Crippen molar-refractivity contribution in [3.05, 3.63) is 35.4 Å². The molecule has 0 heterocycles. The van der Waals surface area contributed by atoms with Gasteiger partial charge in [-0.3, -0.25) is 0 Å². The number of benzene rings is 1. The van der Waals surface area contributed by atoms with Crippen molar-refractivity contribution in [3.8, 4) is 0 Å². The molecule has 1 rings (SSSR count). The fourth-order valence-electron chi connectivity index (χ4n) is 1.40. The summed E-state index contributed by atoms with van der Waals surface area (Å²) in [6.45, 7) is 4.51. The summed E-state index contributed by atoms with van der Waals surface area (Å²) in [7, 11) is 0. The molecule has 0 bridgehead atoms. The van der Waals surface area contributed by atoms with Crippen LogP contribution in [0.15, 0.2) is 24.3 Å². The van der Waals surface area contributed by atoms with Crippen molar-refractivity contribution < 1.29 is 5.11 Å². The molecule has 1 nitrogen and oxygen atoms in total. The SMILES string of the molecule is CCC(CO)Cc1ccc(C)cc1. The van der Waals surface area contributed by atoms with Gasteiger partial charge in [0.1, 0.15) is 0 Å². The molecule has 0 aliphatic carbocycles. The first-order valence-corrected chi connectivity index (χ1v) is 4.92. The largest absolute Gasteiger partial charge is 0.396 e. The van der Waals surface area contributed by atoms with E-state index in [0.717, 1.165) is 12.8 Å². The highest BCUT2D eigenvalue weighted by Gasteiger charge is 2.04. The quantitative estimate of drug-likeness (QED) is 0.751. The molecule has 0 aliphatic heterocycles. The number of aliphatic hydroxyl groups excluding tert-OH is 1. The Labute approximate surface area is 80.4 Å². The zero-order valence-electron chi connectivity index (χ0n) is 8.46. The summed E-state index contributed by atoms with van der Waals surface area (Å²) in [5.74, 6) is 0.419. The summed E-state index contributed by atoms with van der Waals surface area (Å²) in [4.78, 5) is 0. The molecular formula is C12H18O. The molecule has 0 saturated carbocycles. The van der Waals surface area contributed by atoms with Crippen LogP contribution in [0.4, 0.5) is 0 Å². The molecule has 0 aromatic heterocycles. The molecule has 0 fully saturated rings. The van der Waals surface area contributed by atoms with Crippen LogP contribution in [-0.4, -0.2) is 11.7 Å². The van der Waals surface area contributed by atoms with E-state index in [9.17, 15) is 0 Å². The normalized spacial score (nSPS) is 12.8. The van der Waals surface area contributed by atoms with E-state index in [-0.39, 0.29) is 0 Å². The zero-order chi connectivity index (χ0) is 9.68. The Bertz CT molecular complexity index is 234. The van der Waals surface area contributed by atoms with Gasteiger partial charge in [0.25, 0.3) is 0 Å². The van der Waals surface area contributed by atoms with E-state index < -0.39 is 0 Å². The van der Waals surface area contributed by atoms with Crippen LogP contribution >= 0.6 is 0 Å². The third-order valence-corrected chi connectivity index (χ3v) is 2.48. The Hall–Kier alpha value is -0.820. The molecule has 1 aromatic rings. The highest BCUT2D eigenvalue weighted by molar-refractivity contribution is 5.21. The van der Waals surface area contributed by atoms with Crippen LogP contribution in [0.1, 0.15) is 24.5 Å². The third-order valence-electron chi connectivity index (χ3n) is 2.48. The first-order chi connectivity index (χ1) is 6.26. The average Bonchev–Trinajstić information content (AvgIpc) is 2.17. The average molecular weight is 178 g/mol. The Morgan fingerprint density at radius 3 is 2.31 bits per heavy atom. The smallest absolute Gasteiger partial charge is 0.0462 e. The van der Waals surface area contributed by atoms with Gasteiger partial charge in [-0.1, -0.05) is 43.2 Å². The summed E-state index contributed by atoms with van der Waals surface area (Å²) < 4.78 is 0. The van der Waals surface area contributed by atoms with Crippen LogP contribution in [0.5, 0.6) is 0 Å². The number of hydrogen-bond acceptors (Lipinski definition) is 1. The van der Waals surface area contributed by atoms with Crippen LogP contribution < -0.4 is 0 Å². The van der Waals surface area contributed by atoms with Gasteiger partial charge in [0, 0.05) is 6.61 Å². The van der Waals surface area contributed by atoms with Crippen molar-refractivity contribution in [2.75, 3.05) is 6.61 Å². The maximum atomic E-state index is 9.04. The predicted molar refractivity (Wildman–Crippen MR) is 55.7 cm³/mol. The van der Waals surface area contributed by atoms with Crippen molar-refractivity contribution >= 4 is 0 Å². The highest BCUT2D eigenvalue weighted by Crippen LogP contribution is 2.12. The van der Waals surface area contributed by atoms with Gasteiger partial charge in [0.05, 0.1) is 0 Å². The standard InChI is InChI=1S/C12H18O/c1-3-11(9-13)8-12-6-4-10(2)5-7-12/h4-7,11,13H,3,8-9H2,1-2H3. The summed E-state index contributed by atoms with van der Waals surface area (Å²) in [5.41, 5.74) is 2.62. The van der Waals surface area contributed by atoms with Gasteiger partial charge in [0.15, 0.2) is 0 Å². The lowest BCUT2D eigenvalue weighted by Gasteiger charge is -2.11. The van der Waals surface area contributed by atoms with Crippen molar-refractivity contribution in [3.63, 3.8) is 0 Å². The molecule has 0 amide bonds. The molecule has 0 saturated heterocycles. The summed E-state index contributed by atoms with van der Waals surface area (Å²) in [6.07, 6.45) is 2.04. The zero-order valence-corrected chi connectivity index (χ0v) is 8.46. The summed E-state index contributed by atoms with van der Waals surface area (Å²) in [5, 5.41) is 9.04. The fraction of sp³-hybridized carbons (Fsp3) is 0.500. The van der Waals surface area contributed by atoms with E-state index in [1.165, 1.54) is 11.1 Å². The topological polar surface area (TPSA) is 20.2 Å². The second-order valence-corrected chi connectivity index (χ2v) is 3.65. The van der Waals surface area contributed by atoms with Gasteiger partial charge in [-0.15, -0.1) is 0 Å². The van der Waals surface area contributed by atoms with Gasteiger partial charge in [0.2, 0.25) is 0 Å². The molecule has 1 aromatic carbocycles.